The van der Waals surface area contributed by atoms with Crippen LogP contribution in [0.3, 0.4) is 0 Å². The maximum Gasteiger partial charge on any atom is 0.387 e. The molecule has 2 aromatic rings. The first-order valence-corrected chi connectivity index (χ1v) is 6.68. The summed E-state index contributed by atoms with van der Waals surface area (Å²) in [6, 6.07) is 14.2. The average molecular weight is 293 g/mol. The molecule has 0 fully saturated rings. The zero-order chi connectivity index (χ0) is 15.1. The van der Waals surface area contributed by atoms with Gasteiger partial charge in [-0.05, 0) is 36.8 Å². The van der Waals surface area contributed by atoms with E-state index in [0.717, 1.165) is 17.0 Å². The van der Waals surface area contributed by atoms with E-state index in [1.54, 1.807) is 18.2 Å². The first kappa shape index (κ1) is 15.1. The fourth-order valence-corrected chi connectivity index (χ4v) is 1.86. The van der Waals surface area contributed by atoms with Gasteiger partial charge in [-0.2, -0.15) is 8.78 Å². The molecule has 5 heteroatoms. The van der Waals surface area contributed by atoms with Crippen LogP contribution in [0.15, 0.2) is 48.5 Å². The molecule has 0 saturated carbocycles. The fraction of sp³-hybridized carbons (Fsp3) is 0.250. The summed E-state index contributed by atoms with van der Waals surface area (Å²) in [5, 5.41) is 3.16. The number of ether oxygens (including phenoxy) is 2. The first-order valence-electron chi connectivity index (χ1n) is 6.68. The highest BCUT2D eigenvalue weighted by Gasteiger charge is 2.04. The summed E-state index contributed by atoms with van der Waals surface area (Å²) in [7, 11) is 0. The fourth-order valence-electron chi connectivity index (χ4n) is 1.86. The second-order valence-corrected chi connectivity index (χ2v) is 4.34. The normalized spacial score (nSPS) is 10.5. The van der Waals surface area contributed by atoms with Crippen molar-refractivity contribution in [3.8, 4) is 11.5 Å². The van der Waals surface area contributed by atoms with Crippen LogP contribution in [0.25, 0.3) is 0 Å². The molecular formula is C16H17F2NO2. The van der Waals surface area contributed by atoms with Crippen molar-refractivity contribution in [2.24, 2.45) is 0 Å². The third-order valence-corrected chi connectivity index (χ3v) is 2.79. The number of benzene rings is 2. The molecule has 0 saturated heterocycles. The molecule has 21 heavy (non-hydrogen) atoms. The smallest absolute Gasteiger partial charge is 0.387 e. The van der Waals surface area contributed by atoms with E-state index >= 15 is 0 Å². The molecule has 0 aliphatic heterocycles. The number of nitrogens with one attached hydrogen (secondary N) is 1. The summed E-state index contributed by atoms with van der Waals surface area (Å²) in [5.74, 6) is 0.968. The Bertz CT molecular complexity index is 558. The van der Waals surface area contributed by atoms with Crippen molar-refractivity contribution >= 4 is 5.69 Å². The highest BCUT2D eigenvalue weighted by Crippen LogP contribution is 2.20. The van der Waals surface area contributed by atoms with Gasteiger partial charge in [0.05, 0.1) is 6.61 Å². The summed E-state index contributed by atoms with van der Waals surface area (Å²) >= 11 is 0. The lowest BCUT2D eigenvalue weighted by atomic mass is 10.2. The molecule has 112 valence electrons. The Morgan fingerprint density at radius 3 is 2.48 bits per heavy atom. The van der Waals surface area contributed by atoms with Crippen molar-refractivity contribution in [1.29, 1.82) is 0 Å². The predicted molar refractivity (Wildman–Crippen MR) is 78.0 cm³/mol. The summed E-state index contributed by atoms with van der Waals surface area (Å²) in [4.78, 5) is 0. The second-order valence-electron chi connectivity index (χ2n) is 4.34. The maximum absolute atomic E-state index is 12.1. The third-order valence-electron chi connectivity index (χ3n) is 2.79. The quantitative estimate of drug-likeness (QED) is 0.825. The van der Waals surface area contributed by atoms with E-state index < -0.39 is 6.61 Å². The Hall–Kier alpha value is -2.30. The van der Waals surface area contributed by atoms with Gasteiger partial charge in [0.2, 0.25) is 0 Å². The molecule has 0 aromatic heterocycles. The number of hydrogen-bond acceptors (Lipinski definition) is 3. The zero-order valence-corrected chi connectivity index (χ0v) is 11.7. The summed E-state index contributed by atoms with van der Waals surface area (Å²) < 4.78 is 34.0. The minimum absolute atomic E-state index is 0.140. The van der Waals surface area contributed by atoms with Gasteiger partial charge in [-0.1, -0.05) is 18.2 Å². The average Bonchev–Trinajstić information content (AvgIpc) is 2.47. The molecule has 0 unspecified atom stereocenters. The molecule has 0 heterocycles. The molecule has 0 atom stereocenters. The Morgan fingerprint density at radius 1 is 1.05 bits per heavy atom. The van der Waals surface area contributed by atoms with E-state index in [4.69, 9.17) is 4.74 Å². The molecule has 0 aliphatic rings. The van der Waals surface area contributed by atoms with Crippen molar-refractivity contribution < 1.29 is 18.3 Å². The maximum atomic E-state index is 12.1. The first-order chi connectivity index (χ1) is 10.2. The minimum atomic E-state index is -2.81. The molecule has 0 radical (unpaired) electrons. The van der Waals surface area contributed by atoms with Gasteiger partial charge in [-0.15, -0.1) is 0 Å². The van der Waals surface area contributed by atoms with Crippen LogP contribution in [-0.2, 0) is 6.54 Å². The summed E-state index contributed by atoms with van der Waals surface area (Å²) in [6.45, 7) is 0.342. The molecule has 2 aromatic carbocycles. The van der Waals surface area contributed by atoms with E-state index in [1.165, 1.54) is 6.07 Å². The molecule has 1 N–H and O–H groups in total. The molecule has 0 spiro atoms. The van der Waals surface area contributed by atoms with Crippen molar-refractivity contribution in [3.63, 3.8) is 0 Å². The molecule has 0 amide bonds. The SMILES string of the molecule is CCOc1ccc(CNc2cccc(OC(F)F)c2)cc1. The number of rotatable bonds is 7. The lowest BCUT2D eigenvalue weighted by Gasteiger charge is -2.10. The molecule has 3 nitrogen and oxygen atoms in total. The lowest BCUT2D eigenvalue weighted by molar-refractivity contribution is -0.0498. The van der Waals surface area contributed by atoms with Gasteiger partial charge in [-0.25, -0.2) is 0 Å². The summed E-state index contributed by atoms with van der Waals surface area (Å²) in [6.07, 6.45) is 0. The Labute approximate surface area is 122 Å². The van der Waals surface area contributed by atoms with E-state index in [0.29, 0.717) is 13.2 Å². The van der Waals surface area contributed by atoms with Gasteiger partial charge in [0, 0.05) is 18.3 Å². The Morgan fingerprint density at radius 2 is 1.81 bits per heavy atom. The van der Waals surface area contributed by atoms with Crippen molar-refractivity contribution in [2.45, 2.75) is 20.1 Å². The molecular weight excluding hydrogens is 276 g/mol. The molecule has 0 aliphatic carbocycles. The van der Waals surface area contributed by atoms with E-state index in [9.17, 15) is 8.78 Å². The number of halogens is 2. The second kappa shape index (κ2) is 7.47. The molecule has 2 rings (SSSR count). The van der Waals surface area contributed by atoms with E-state index in [-0.39, 0.29) is 5.75 Å². The van der Waals surface area contributed by atoms with Crippen LogP contribution < -0.4 is 14.8 Å². The zero-order valence-electron chi connectivity index (χ0n) is 11.7. The van der Waals surface area contributed by atoms with Crippen LogP contribution >= 0.6 is 0 Å². The van der Waals surface area contributed by atoms with Gasteiger partial charge in [0.15, 0.2) is 0 Å². The summed E-state index contributed by atoms with van der Waals surface area (Å²) in [5.41, 5.74) is 1.79. The standard InChI is InChI=1S/C16H17F2NO2/c1-2-20-14-8-6-12(7-9-14)11-19-13-4-3-5-15(10-13)21-16(17)18/h3-10,16,19H,2,11H2,1H3. The number of anilines is 1. The van der Waals surface area contributed by atoms with Gasteiger partial charge < -0.3 is 14.8 Å². The van der Waals surface area contributed by atoms with Crippen molar-refractivity contribution in [1.82, 2.24) is 0 Å². The minimum Gasteiger partial charge on any atom is -0.494 e. The van der Waals surface area contributed by atoms with Crippen LogP contribution in [-0.4, -0.2) is 13.2 Å². The predicted octanol–water partition coefficient (Wildman–Crippen LogP) is 4.30. The highest BCUT2D eigenvalue weighted by molar-refractivity contribution is 5.48. The van der Waals surface area contributed by atoms with Gasteiger partial charge in [0.25, 0.3) is 0 Å². The van der Waals surface area contributed by atoms with Crippen LogP contribution in [0.2, 0.25) is 0 Å². The van der Waals surface area contributed by atoms with Gasteiger partial charge in [0.1, 0.15) is 11.5 Å². The van der Waals surface area contributed by atoms with Crippen molar-refractivity contribution in [2.75, 3.05) is 11.9 Å². The van der Waals surface area contributed by atoms with Crippen LogP contribution in [0.1, 0.15) is 12.5 Å². The third kappa shape index (κ3) is 4.95. The van der Waals surface area contributed by atoms with E-state index in [1.807, 2.05) is 31.2 Å². The lowest BCUT2D eigenvalue weighted by Crippen LogP contribution is -2.03. The largest absolute Gasteiger partial charge is 0.494 e. The van der Waals surface area contributed by atoms with Crippen LogP contribution in [0, 0.1) is 0 Å². The topological polar surface area (TPSA) is 30.5 Å². The molecule has 0 bridgehead atoms. The van der Waals surface area contributed by atoms with Gasteiger partial charge in [-0.3, -0.25) is 0 Å². The Kier molecular flexibility index (Phi) is 5.37. The van der Waals surface area contributed by atoms with Gasteiger partial charge >= 0.3 is 6.61 Å². The van der Waals surface area contributed by atoms with Crippen molar-refractivity contribution in [3.05, 3.63) is 54.1 Å². The van der Waals surface area contributed by atoms with Crippen LogP contribution in [0.4, 0.5) is 14.5 Å². The van der Waals surface area contributed by atoms with E-state index in [2.05, 4.69) is 10.1 Å². The highest BCUT2D eigenvalue weighted by atomic mass is 19.3. The number of hydrogen-bond donors (Lipinski definition) is 1. The number of alkyl halides is 2. The van der Waals surface area contributed by atoms with Crippen LogP contribution in [0.5, 0.6) is 11.5 Å². The Balaban J connectivity index is 1.93. The monoisotopic (exact) mass is 293 g/mol.